The molecule has 2 aliphatic carbocycles. The lowest BCUT2D eigenvalue weighted by Crippen LogP contribution is -1.77. The van der Waals surface area contributed by atoms with Crippen molar-refractivity contribution in [3.63, 3.8) is 0 Å². The number of rotatable bonds is 3. The van der Waals surface area contributed by atoms with Crippen LogP contribution in [0.5, 0.6) is 0 Å². The van der Waals surface area contributed by atoms with Gasteiger partial charge in [-0.05, 0) is 51.4 Å². The molecule has 2 rings (SSSR count). The second-order valence-electron chi connectivity index (χ2n) is 5.27. The normalized spacial score (nSPS) is 13.7. The second-order valence-corrected chi connectivity index (χ2v) is 5.27. The highest BCUT2D eigenvalue weighted by Crippen LogP contribution is 2.07. The Morgan fingerprint density at radius 3 is 0.643 bits per heavy atom. The van der Waals surface area contributed by atoms with Gasteiger partial charge in [0.25, 0.3) is 0 Å². The summed E-state index contributed by atoms with van der Waals surface area (Å²) in [5.74, 6) is 0. The highest BCUT2D eigenvalue weighted by Gasteiger charge is 1.87. The third-order valence-electron chi connectivity index (χ3n) is 2.99. The summed E-state index contributed by atoms with van der Waals surface area (Å²) >= 11 is 0. The zero-order chi connectivity index (χ0) is 22.1. The van der Waals surface area contributed by atoms with Gasteiger partial charge in [0.1, 0.15) is 0 Å². The van der Waals surface area contributed by atoms with Crippen molar-refractivity contribution in [2.45, 2.75) is 51.4 Å². The second kappa shape index (κ2) is 44.1. The Balaban J connectivity index is -0.000000130. The van der Waals surface area contributed by atoms with Crippen molar-refractivity contribution in [2.75, 3.05) is 0 Å². The Kier molecular flexibility index (Phi) is 52.0. The molecular weight excluding hydrogens is 336 g/mol. The van der Waals surface area contributed by atoms with E-state index >= 15 is 0 Å². The van der Waals surface area contributed by atoms with Crippen molar-refractivity contribution in [2.24, 2.45) is 0 Å². The zero-order valence-corrected chi connectivity index (χ0v) is 18.2. The third kappa shape index (κ3) is 56.6. The predicted molar refractivity (Wildman–Crippen MR) is 137 cm³/mol. The van der Waals surface area contributed by atoms with Crippen molar-refractivity contribution in [1.29, 1.82) is 0 Å². The molecule has 0 nitrogen and oxygen atoms in total. The number of hydrogen-bond acceptors (Lipinski definition) is 0. The summed E-state index contributed by atoms with van der Waals surface area (Å²) in [6, 6.07) is 0. The molecule has 0 aromatic heterocycles. The fourth-order valence-electron chi connectivity index (χ4n) is 1.62. The van der Waals surface area contributed by atoms with Crippen LogP contribution in [0.4, 0.5) is 0 Å². The van der Waals surface area contributed by atoms with E-state index in [0.29, 0.717) is 0 Å². The molecule has 0 saturated carbocycles. The smallest absolute Gasteiger partial charge is 0.0316 e. The molecule has 0 heterocycles. The van der Waals surface area contributed by atoms with E-state index in [1.807, 2.05) is 0 Å². The minimum absolute atomic E-state index is 1.23. The third-order valence-corrected chi connectivity index (χ3v) is 2.99. The van der Waals surface area contributed by atoms with Crippen molar-refractivity contribution >= 4 is 0 Å². The maximum Gasteiger partial charge on any atom is -0.0316 e. The van der Waals surface area contributed by atoms with E-state index in [-0.39, 0.29) is 0 Å². The van der Waals surface area contributed by atoms with Gasteiger partial charge in [0.2, 0.25) is 0 Å². The summed E-state index contributed by atoms with van der Waals surface area (Å²) in [4.78, 5) is 0. The molecule has 0 bridgehead atoms. The van der Waals surface area contributed by atoms with E-state index < -0.39 is 0 Å². The first kappa shape index (κ1) is 33.0. The molecule has 0 aromatic carbocycles. The van der Waals surface area contributed by atoms with Crippen molar-refractivity contribution in [3.05, 3.63) is 126 Å². The SMILES string of the molecule is C1=CCC/C=C\CC1.C1=CCCCC1.C=C.C=CC=C.C=CC=C.C=CC=C. The van der Waals surface area contributed by atoms with E-state index in [2.05, 4.69) is 89.1 Å². The average Bonchev–Trinajstić information content (AvgIpc) is 2.77. The van der Waals surface area contributed by atoms with Gasteiger partial charge >= 0.3 is 0 Å². The molecule has 0 amide bonds. The highest BCUT2D eigenvalue weighted by molar-refractivity contribution is 4.93. The Labute approximate surface area is 177 Å². The number of allylic oxidation sites excluding steroid dienone is 12. The van der Waals surface area contributed by atoms with E-state index in [1.165, 1.54) is 51.4 Å². The standard InChI is InChI=1S/C8H12.C6H10.3C4H6.C2H4/c1-2-4-6-8-7-5-3-1;1-2-4-6-5-3-1;3*1-3-4-2;1-2/h1-2,7-8H,3-6H2;1-2H,3-6H2;3*3-4H,1-2H2;1-2H2/b2-1-,8-7?;;;;;. The summed E-state index contributed by atoms with van der Waals surface area (Å²) in [7, 11) is 0. The lowest BCUT2D eigenvalue weighted by Gasteiger charge is -1.97. The van der Waals surface area contributed by atoms with Crippen molar-refractivity contribution < 1.29 is 0 Å². The molecular formula is C28H44. The van der Waals surface area contributed by atoms with Gasteiger partial charge in [-0.1, -0.05) is 112 Å². The van der Waals surface area contributed by atoms with Crippen LogP contribution in [0, 0.1) is 0 Å². The molecule has 0 N–H and O–H groups in total. The molecule has 0 atom stereocenters. The molecule has 0 aliphatic heterocycles. The zero-order valence-electron chi connectivity index (χ0n) is 18.2. The van der Waals surface area contributed by atoms with Crippen LogP contribution in [0.1, 0.15) is 51.4 Å². The monoisotopic (exact) mass is 380 g/mol. The van der Waals surface area contributed by atoms with Crippen LogP contribution >= 0.6 is 0 Å². The Morgan fingerprint density at radius 2 is 0.536 bits per heavy atom. The minimum Gasteiger partial charge on any atom is -0.106 e. The molecule has 0 heteroatoms. The molecule has 2 aliphatic rings. The van der Waals surface area contributed by atoms with Gasteiger partial charge in [-0.25, -0.2) is 0 Å². The van der Waals surface area contributed by atoms with Gasteiger partial charge in [-0.3, -0.25) is 0 Å². The topological polar surface area (TPSA) is 0 Å². The van der Waals surface area contributed by atoms with Gasteiger partial charge in [0, 0.05) is 0 Å². The van der Waals surface area contributed by atoms with Crippen LogP contribution in [0.15, 0.2) is 126 Å². The largest absolute Gasteiger partial charge is 0.106 e. The summed E-state index contributed by atoms with van der Waals surface area (Å²) in [6.07, 6.45) is 33.8. The molecule has 156 valence electrons. The molecule has 0 aromatic rings. The Bertz CT molecular complexity index is 348. The van der Waals surface area contributed by atoms with Crippen LogP contribution in [0.2, 0.25) is 0 Å². The van der Waals surface area contributed by atoms with E-state index in [9.17, 15) is 0 Å². The van der Waals surface area contributed by atoms with Crippen LogP contribution in [0.25, 0.3) is 0 Å². The fraction of sp³-hybridized carbons (Fsp3) is 0.286. The molecule has 0 unspecified atom stereocenters. The van der Waals surface area contributed by atoms with Gasteiger partial charge in [0.05, 0.1) is 0 Å². The fourth-order valence-corrected chi connectivity index (χ4v) is 1.62. The Hall–Kier alpha value is -2.60. The van der Waals surface area contributed by atoms with Gasteiger partial charge < -0.3 is 0 Å². The van der Waals surface area contributed by atoms with Gasteiger partial charge in [-0.15, -0.1) is 13.2 Å². The van der Waals surface area contributed by atoms with Crippen molar-refractivity contribution in [3.8, 4) is 0 Å². The van der Waals surface area contributed by atoms with Crippen LogP contribution in [0.3, 0.4) is 0 Å². The van der Waals surface area contributed by atoms with Crippen molar-refractivity contribution in [1.82, 2.24) is 0 Å². The molecule has 28 heavy (non-hydrogen) atoms. The predicted octanol–water partition coefficient (Wildman–Crippen LogP) is 9.67. The summed E-state index contributed by atoms with van der Waals surface area (Å²) in [6.45, 7) is 26.2. The lowest BCUT2D eigenvalue weighted by molar-refractivity contribution is 0.730. The van der Waals surface area contributed by atoms with Gasteiger partial charge in [-0.2, -0.15) is 0 Å². The Morgan fingerprint density at radius 1 is 0.357 bits per heavy atom. The average molecular weight is 381 g/mol. The minimum atomic E-state index is 1.23. The first-order valence-corrected chi connectivity index (χ1v) is 9.90. The molecule has 0 fully saturated rings. The van der Waals surface area contributed by atoms with E-state index in [0.717, 1.165) is 0 Å². The highest BCUT2D eigenvalue weighted by atomic mass is 13.9. The summed E-state index contributed by atoms with van der Waals surface area (Å²) in [5.41, 5.74) is 0. The first-order valence-electron chi connectivity index (χ1n) is 9.90. The van der Waals surface area contributed by atoms with E-state index in [1.54, 1.807) is 36.5 Å². The molecule has 0 radical (unpaired) electrons. The van der Waals surface area contributed by atoms with Crippen LogP contribution in [-0.2, 0) is 0 Å². The van der Waals surface area contributed by atoms with Crippen LogP contribution < -0.4 is 0 Å². The maximum absolute atomic E-state index is 3.36. The van der Waals surface area contributed by atoms with Crippen LogP contribution in [-0.4, -0.2) is 0 Å². The summed E-state index contributed by atoms with van der Waals surface area (Å²) < 4.78 is 0. The maximum atomic E-state index is 3.36. The van der Waals surface area contributed by atoms with E-state index in [4.69, 9.17) is 0 Å². The molecule has 0 saturated heterocycles. The lowest BCUT2D eigenvalue weighted by atomic mass is 10.1. The quantitative estimate of drug-likeness (QED) is 0.337. The van der Waals surface area contributed by atoms with Gasteiger partial charge in [0.15, 0.2) is 0 Å². The first-order chi connectivity index (χ1) is 13.7. The molecule has 0 spiro atoms. The number of hydrogen-bond donors (Lipinski definition) is 0. The summed E-state index contributed by atoms with van der Waals surface area (Å²) in [5, 5.41) is 0.